The molecule has 0 radical (unpaired) electrons. The molecule has 7 heteroatoms. The second kappa shape index (κ2) is 10.9. The topological polar surface area (TPSA) is 75.3 Å². The summed E-state index contributed by atoms with van der Waals surface area (Å²) in [5.74, 6) is 2.66. The maximum absolute atomic E-state index is 4.92. The number of nitrogens with zero attached hydrogens (tertiary/aromatic N) is 3. The summed E-state index contributed by atoms with van der Waals surface area (Å²) < 4.78 is 4.92. The van der Waals surface area contributed by atoms with Crippen molar-refractivity contribution in [2.24, 2.45) is 10.9 Å². The number of rotatable bonds is 7. The van der Waals surface area contributed by atoms with Crippen LogP contribution in [0.3, 0.4) is 0 Å². The molecule has 0 saturated carbocycles. The number of nitrogens with one attached hydrogen (secondary N) is 2. The van der Waals surface area contributed by atoms with Crippen molar-refractivity contribution < 1.29 is 4.52 Å². The molecule has 0 aromatic carbocycles. The number of aliphatic imine (C=N–C) groups is 1. The number of halogens is 1. The van der Waals surface area contributed by atoms with E-state index in [0.29, 0.717) is 24.2 Å². The first-order valence-electron chi connectivity index (χ1n) is 7.00. The quantitative estimate of drug-likeness (QED) is 0.422. The number of hydrogen-bond donors (Lipinski definition) is 2. The summed E-state index contributed by atoms with van der Waals surface area (Å²) in [6.07, 6.45) is 2.35. The molecule has 2 N–H and O–H groups in total. The van der Waals surface area contributed by atoms with Gasteiger partial charge in [-0.1, -0.05) is 31.8 Å². The molecule has 0 saturated heterocycles. The summed E-state index contributed by atoms with van der Waals surface area (Å²) in [6.45, 7) is 10.4. The van der Waals surface area contributed by atoms with Gasteiger partial charge in [-0.2, -0.15) is 4.98 Å². The van der Waals surface area contributed by atoms with Crippen LogP contribution in [0.1, 0.15) is 45.3 Å². The van der Waals surface area contributed by atoms with E-state index in [-0.39, 0.29) is 24.0 Å². The van der Waals surface area contributed by atoms with Crippen LogP contribution in [-0.4, -0.2) is 29.2 Å². The molecular formula is C13H26IN5O. The maximum atomic E-state index is 4.92. The smallest absolute Gasteiger partial charge is 0.223 e. The summed E-state index contributed by atoms with van der Waals surface area (Å²) in [6, 6.07) is 0. The zero-order valence-corrected chi connectivity index (χ0v) is 15.1. The molecule has 0 bridgehead atoms. The lowest BCUT2D eigenvalue weighted by molar-refractivity contribution is 0.387. The highest BCUT2D eigenvalue weighted by Crippen LogP contribution is 2.05. The van der Waals surface area contributed by atoms with Crippen LogP contribution >= 0.6 is 24.0 Å². The van der Waals surface area contributed by atoms with E-state index in [1.807, 2.05) is 6.92 Å². The van der Waals surface area contributed by atoms with E-state index in [4.69, 9.17) is 4.52 Å². The fourth-order valence-electron chi connectivity index (χ4n) is 1.72. The average molecular weight is 395 g/mol. The van der Waals surface area contributed by atoms with Gasteiger partial charge in [0, 0.05) is 20.0 Å². The first-order chi connectivity index (χ1) is 9.19. The molecule has 1 aromatic rings. The van der Waals surface area contributed by atoms with E-state index in [2.05, 4.69) is 39.6 Å². The van der Waals surface area contributed by atoms with Crippen LogP contribution in [0.15, 0.2) is 9.52 Å². The summed E-state index contributed by atoms with van der Waals surface area (Å²) in [7, 11) is 0. The Morgan fingerprint density at radius 3 is 2.45 bits per heavy atom. The highest BCUT2D eigenvalue weighted by atomic mass is 127. The lowest BCUT2D eigenvalue weighted by atomic mass is 10.0. The third-order valence-corrected chi connectivity index (χ3v) is 3.01. The van der Waals surface area contributed by atoms with Gasteiger partial charge in [0.05, 0.1) is 0 Å². The first kappa shape index (κ1) is 19.1. The van der Waals surface area contributed by atoms with Crippen LogP contribution in [-0.2, 0) is 6.54 Å². The minimum Gasteiger partial charge on any atom is -0.357 e. The normalized spacial score (nSPS) is 11.3. The third-order valence-electron chi connectivity index (χ3n) is 3.01. The van der Waals surface area contributed by atoms with E-state index >= 15 is 0 Å². The van der Waals surface area contributed by atoms with Crippen molar-refractivity contribution in [1.29, 1.82) is 0 Å². The van der Waals surface area contributed by atoms with E-state index in [1.54, 1.807) is 6.92 Å². The Morgan fingerprint density at radius 1 is 1.25 bits per heavy atom. The number of aromatic nitrogens is 2. The molecule has 1 heterocycles. The fraction of sp³-hybridized carbons (Fsp3) is 0.769. The average Bonchev–Trinajstić information content (AvgIpc) is 2.82. The lowest BCUT2D eigenvalue weighted by Crippen LogP contribution is -2.39. The highest BCUT2D eigenvalue weighted by Gasteiger charge is 2.06. The van der Waals surface area contributed by atoms with Gasteiger partial charge in [-0.25, -0.2) is 4.99 Å². The number of hydrogen-bond acceptors (Lipinski definition) is 4. The Balaban J connectivity index is 0.00000361. The molecule has 0 atom stereocenters. The number of guanidine groups is 1. The predicted molar refractivity (Wildman–Crippen MR) is 91.3 cm³/mol. The van der Waals surface area contributed by atoms with Gasteiger partial charge in [0.2, 0.25) is 5.89 Å². The van der Waals surface area contributed by atoms with E-state index in [9.17, 15) is 0 Å². The van der Waals surface area contributed by atoms with Crippen molar-refractivity contribution in [3.05, 3.63) is 11.7 Å². The molecule has 0 spiro atoms. The lowest BCUT2D eigenvalue weighted by Gasteiger charge is -2.16. The second-order valence-corrected chi connectivity index (χ2v) is 4.49. The molecule has 6 nitrogen and oxygen atoms in total. The Bertz CT molecular complexity index is 390. The van der Waals surface area contributed by atoms with E-state index < -0.39 is 0 Å². The second-order valence-electron chi connectivity index (χ2n) is 4.49. The van der Waals surface area contributed by atoms with Gasteiger partial charge >= 0.3 is 0 Å². The summed E-state index contributed by atoms with van der Waals surface area (Å²) in [5, 5.41) is 10.4. The van der Waals surface area contributed by atoms with Crippen molar-refractivity contribution in [2.45, 2.75) is 47.1 Å². The van der Waals surface area contributed by atoms with Gasteiger partial charge in [0.25, 0.3) is 0 Å². The molecule has 0 unspecified atom stereocenters. The minimum atomic E-state index is 0. The van der Waals surface area contributed by atoms with Gasteiger partial charge in [-0.3, -0.25) is 0 Å². The van der Waals surface area contributed by atoms with Crippen LogP contribution < -0.4 is 10.6 Å². The van der Waals surface area contributed by atoms with Crippen molar-refractivity contribution in [2.75, 3.05) is 13.1 Å². The van der Waals surface area contributed by atoms with Gasteiger partial charge < -0.3 is 15.2 Å². The van der Waals surface area contributed by atoms with Crippen molar-refractivity contribution >= 4 is 29.9 Å². The van der Waals surface area contributed by atoms with Gasteiger partial charge in [0.15, 0.2) is 11.8 Å². The first-order valence-corrected chi connectivity index (χ1v) is 7.00. The van der Waals surface area contributed by atoms with Crippen molar-refractivity contribution in [3.63, 3.8) is 0 Å². The van der Waals surface area contributed by atoms with Gasteiger partial charge in [-0.15, -0.1) is 24.0 Å². The Hall–Kier alpha value is -0.860. The van der Waals surface area contributed by atoms with Crippen molar-refractivity contribution in [1.82, 2.24) is 20.8 Å². The molecule has 0 amide bonds. The Labute approximate surface area is 138 Å². The molecule has 116 valence electrons. The van der Waals surface area contributed by atoms with Gasteiger partial charge in [0.1, 0.15) is 6.54 Å². The summed E-state index contributed by atoms with van der Waals surface area (Å²) >= 11 is 0. The number of aryl methyl sites for hydroxylation is 1. The largest absolute Gasteiger partial charge is 0.357 e. The minimum absolute atomic E-state index is 0. The van der Waals surface area contributed by atoms with Crippen LogP contribution in [0.25, 0.3) is 0 Å². The highest BCUT2D eigenvalue weighted by molar-refractivity contribution is 14.0. The standard InChI is InChI=1S/C13H25N5O.HI/c1-5-11(6-2)8-15-13(14-7-3)16-9-12-17-10(4)19-18-12;/h11H,5-9H2,1-4H3,(H2,14,15,16);1H. The molecule has 20 heavy (non-hydrogen) atoms. The zero-order chi connectivity index (χ0) is 14.1. The third kappa shape index (κ3) is 7.06. The van der Waals surface area contributed by atoms with Crippen LogP contribution in [0.4, 0.5) is 0 Å². The molecular weight excluding hydrogens is 369 g/mol. The molecule has 0 aliphatic carbocycles. The molecule has 0 aliphatic rings. The molecule has 1 rings (SSSR count). The Kier molecular flexibility index (Phi) is 10.4. The van der Waals surface area contributed by atoms with E-state index in [1.165, 1.54) is 12.8 Å². The molecule has 0 fully saturated rings. The monoisotopic (exact) mass is 395 g/mol. The SMILES string of the molecule is CCNC(=NCc1noc(C)n1)NCC(CC)CC.I. The van der Waals surface area contributed by atoms with Gasteiger partial charge in [-0.05, 0) is 12.8 Å². The molecule has 1 aromatic heterocycles. The molecule has 0 aliphatic heterocycles. The summed E-state index contributed by atoms with van der Waals surface area (Å²) in [5.41, 5.74) is 0. The summed E-state index contributed by atoms with van der Waals surface area (Å²) in [4.78, 5) is 8.58. The fourth-order valence-corrected chi connectivity index (χ4v) is 1.72. The van der Waals surface area contributed by atoms with Crippen LogP contribution in [0.5, 0.6) is 0 Å². The predicted octanol–water partition coefficient (Wildman–Crippen LogP) is 2.49. The van der Waals surface area contributed by atoms with Crippen LogP contribution in [0.2, 0.25) is 0 Å². The maximum Gasteiger partial charge on any atom is 0.223 e. The zero-order valence-electron chi connectivity index (χ0n) is 12.8. The van der Waals surface area contributed by atoms with E-state index in [0.717, 1.165) is 19.0 Å². The van der Waals surface area contributed by atoms with Crippen molar-refractivity contribution in [3.8, 4) is 0 Å². The Morgan fingerprint density at radius 2 is 1.95 bits per heavy atom. The van der Waals surface area contributed by atoms with Crippen LogP contribution in [0, 0.1) is 12.8 Å².